The maximum Gasteiger partial charge on any atom is 0.226 e. The molecule has 0 saturated carbocycles. The van der Waals surface area contributed by atoms with Crippen LogP contribution in [0.5, 0.6) is 5.75 Å². The minimum atomic E-state index is -0.0713. The van der Waals surface area contributed by atoms with Crippen LogP contribution in [0.15, 0.2) is 52.5 Å². The number of benzene rings is 1. The number of hydrogen-bond donors (Lipinski definition) is 1. The van der Waals surface area contributed by atoms with E-state index in [4.69, 9.17) is 9.15 Å². The molecule has 3 aromatic rings. The molecule has 0 fully saturated rings. The summed E-state index contributed by atoms with van der Waals surface area (Å²) in [4.78, 5) is 16.5. The average molecular weight is 385 g/mol. The van der Waals surface area contributed by atoms with Crippen LogP contribution in [0.2, 0.25) is 0 Å². The van der Waals surface area contributed by atoms with E-state index in [1.165, 1.54) is 16.9 Å². The van der Waals surface area contributed by atoms with Gasteiger partial charge in [0.1, 0.15) is 12.4 Å². The number of thiazole rings is 1. The Morgan fingerprint density at radius 1 is 1.22 bits per heavy atom. The van der Waals surface area contributed by atoms with Crippen LogP contribution in [0.4, 0.5) is 0 Å². The van der Waals surface area contributed by atoms with Crippen LogP contribution in [0.1, 0.15) is 32.0 Å². The molecule has 1 amide bonds. The number of nitrogens with zero attached hydrogens (tertiary/aromatic N) is 1. The fourth-order valence-corrected chi connectivity index (χ4v) is 3.33. The van der Waals surface area contributed by atoms with Gasteiger partial charge in [0.25, 0.3) is 0 Å². The lowest BCUT2D eigenvalue weighted by Gasteiger charge is -2.19. The number of nitrogens with one attached hydrogen (secondary N) is 1. The van der Waals surface area contributed by atoms with E-state index >= 15 is 0 Å². The zero-order valence-corrected chi connectivity index (χ0v) is 16.6. The van der Waals surface area contributed by atoms with Crippen molar-refractivity contribution in [2.75, 3.05) is 13.2 Å². The van der Waals surface area contributed by atoms with E-state index in [-0.39, 0.29) is 17.7 Å². The summed E-state index contributed by atoms with van der Waals surface area (Å²) in [6.45, 7) is 7.42. The molecule has 2 heterocycles. The minimum Gasteiger partial charge on any atom is -0.492 e. The van der Waals surface area contributed by atoms with Crippen molar-refractivity contribution in [3.63, 3.8) is 0 Å². The Labute approximate surface area is 163 Å². The van der Waals surface area contributed by atoms with Crippen molar-refractivity contribution in [2.45, 2.75) is 32.6 Å². The largest absolute Gasteiger partial charge is 0.492 e. The quantitative estimate of drug-likeness (QED) is 0.612. The van der Waals surface area contributed by atoms with Crippen LogP contribution in [0.3, 0.4) is 0 Å². The molecule has 0 atom stereocenters. The summed E-state index contributed by atoms with van der Waals surface area (Å²) in [5.41, 5.74) is 2.13. The summed E-state index contributed by atoms with van der Waals surface area (Å²) in [5.74, 6) is 1.45. The Kier molecular flexibility index (Phi) is 5.96. The molecule has 0 radical (unpaired) electrons. The lowest BCUT2D eigenvalue weighted by Crippen LogP contribution is -2.29. The molecule has 3 rings (SSSR count). The zero-order chi connectivity index (χ0) is 19.3. The summed E-state index contributed by atoms with van der Waals surface area (Å²) in [6, 6.07) is 11.8. The molecule has 1 N–H and O–H groups in total. The van der Waals surface area contributed by atoms with Crippen molar-refractivity contribution in [3.8, 4) is 16.5 Å². The van der Waals surface area contributed by atoms with Crippen molar-refractivity contribution in [1.29, 1.82) is 0 Å². The summed E-state index contributed by atoms with van der Waals surface area (Å²) in [5, 5.41) is 5.52. The molecule has 5 nitrogen and oxygen atoms in total. The fourth-order valence-electron chi connectivity index (χ4n) is 2.54. The van der Waals surface area contributed by atoms with Crippen LogP contribution >= 0.6 is 11.3 Å². The lowest BCUT2D eigenvalue weighted by atomic mass is 9.87. The summed E-state index contributed by atoms with van der Waals surface area (Å²) in [7, 11) is 0. The smallest absolute Gasteiger partial charge is 0.226 e. The van der Waals surface area contributed by atoms with Gasteiger partial charge in [-0.15, -0.1) is 11.3 Å². The second-order valence-electron chi connectivity index (χ2n) is 7.27. The molecular formula is C21H24N2O3S. The Hall–Kier alpha value is -2.60. The first-order chi connectivity index (χ1) is 12.9. The molecule has 0 bridgehead atoms. The number of amides is 1. The maximum atomic E-state index is 12.0. The maximum absolute atomic E-state index is 12.0. The van der Waals surface area contributed by atoms with Gasteiger partial charge in [-0.1, -0.05) is 32.9 Å². The van der Waals surface area contributed by atoms with Crippen LogP contribution in [-0.2, 0) is 16.6 Å². The second kappa shape index (κ2) is 8.39. The van der Waals surface area contributed by atoms with Gasteiger partial charge in [0, 0.05) is 5.38 Å². The van der Waals surface area contributed by atoms with Crippen molar-refractivity contribution in [1.82, 2.24) is 10.3 Å². The number of furan rings is 1. The third-order valence-electron chi connectivity index (χ3n) is 4.04. The molecule has 0 aliphatic carbocycles. The molecule has 27 heavy (non-hydrogen) atoms. The van der Waals surface area contributed by atoms with E-state index in [0.717, 1.165) is 22.2 Å². The summed E-state index contributed by atoms with van der Waals surface area (Å²) in [6.07, 6.45) is 1.86. The standard InChI is InChI=1S/C21H24N2O3S/c1-21(2,3)15-6-8-17(9-7-15)25-12-10-22-19(24)13-16-14-27-20(23-16)18-5-4-11-26-18/h4-9,11,14H,10,12-13H2,1-3H3,(H,22,24). The predicted octanol–water partition coefficient (Wildman–Crippen LogP) is 4.44. The number of hydrogen-bond acceptors (Lipinski definition) is 5. The third-order valence-corrected chi connectivity index (χ3v) is 4.94. The van der Waals surface area contributed by atoms with E-state index in [1.54, 1.807) is 6.26 Å². The summed E-state index contributed by atoms with van der Waals surface area (Å²) < 4.78 is 11.0. The molecule has 0 saturated heterocycles. The average Bonchev–Trinajstić information content (AvgIpc) is 3.30. The minimum absolute atomic E-state index is 0.0713. The first kappa shape index (κ1) is 19.2. The molecule has 0 spiro atoms. The SMILES string of the molecule is CC(C)(C)c1ccc(OCCNC(=O)Cc2csc(-c3ccco3)n2)cc1. The number of rotatable bonds is 7. The van der Waals surface area contributed by atoms with Crippen molar-refractivity contribution in [3.05, 3.63) is 59.3 Å². The monoisotopic (exact) mass is 384 g/mol. The van der Waals surface area contributed by atoms with Crippen molar-refractivity contribution < 1.29 is 13.9 Å². The van der Waals surface area contributed by atoms with Gasteiger partial charge in [-0.2, -0.15) is 0 Å². The van der Waals surface area contributed by atoms with Gasteiger partial charge in [-0.05, 0) is 35.2 Å². The van der Waals surface area contributed by atoms with E-state index in [9.17, 15) is 4.79 Å². The van der Waals surface area contributed by atoms with E-state index in [0.29, 0.717) is 13.2 Å². The van der Waals surface area contributed by atoms with Crippen LogP contribution < -0.4 is 10.1 Å². The van der Waals surface area contributed by atoms with Crippen LogP contribution in [0.25, 0.3) is 10.8 Å². The van der Waals surface area contributed by atoms with Crippen molar-refractivity contribution >= 4 is 17.2 Å². The first-order valence-corrected chi connectivity index (χ1v) is 9.78. The molecule has 1 aromatic carbocycles. The highest BCUT2D eigenvalue weighted by molar-refractivity contribution is 7.13. The predicted molar refractivity (Wildman–Crippen MR) is 107 cm³/mol. The highest BCUT2D eigenvalue weighted by atomic mass is 32.1. The van der Waals surface area contributed by atoms with E-state index in [1.807, 2.05) is 29.6 Å². The van der Waals surface area contributed by atoms with E-state index in [2.05, 4.69) is 43.2 Å². The number of carbonyl (C=O) groups is 1. The number of aromatic nitrogens is 1. The summed E-state index contributed by atoms with van der Waals surface area (Å²) >= 11 is 1.47. The van der Waals surface area contributed by atoms with Gasteiger partial charge in [-0.3, -0.25) is 4.79 Å². The Bertz CT molecular complexity index is 862. The molecular weight excluding hydrogens is 360 g/mol. The molecule has 0 aliphatic heterocycles. The van der Waals surface area contributed by atoms with Crippen molar-refractivity contribution in [2.24, 2.45) is 0 Å². The second-order valence-corrected chi connectivity index (χ2v) is 8.13. The van der Waals surface area contributed by atoms with Gasteiger partial charge in [0.15, 0.2) is 10.8 Å². The topological polar surface area (TPSA) is 64.4 Å². The molecule has 0 unspecified atom stereocenters. The molecule has 0 aliphatic rings. The highest BCUT2D eigenvalue weighted by Crippen LogP contribution is 2.25. The highest BCUT2D eigenvalue weighted by Gasteiger charge is 2.13. The van der Waals surface area contributed by atoms with Gasteiger partial charge < -0.3 is 14.5 Å². The lowest BCUT2D eigenvalue weighted by molar-refractivity contribution is -0.120. The Morgan fingerprint density at radius 3 is 2.67 bits per heavy atom. The molecule has 142 valence electrons. The van der Waals surface area contributed by atoms with Gasteiger partial charge in [-0.25, -0.2) is 4.98 Å². The fraction of sp³-hybridized carbons (Fsp3) is 0.333. The van der Waals surface area contributed by atoms with Gasteiger partial charge >= 0.3 is 0 Å². The third kappa shape index (κ3) is 5.44. The zero-order valence-electron chi connectivity index (χ0n) is 15.8. The Balaban J connectivity index is 1.40. The normalized spacial score (nSPS) is 11.4. The number of carbonyl (C=O) groups excluding carboxylic acids is 1. The van der Waals surface area contributed by atoms with Crippen LogP contribution in [0, 0.1) is 0 Å². The number of ether oxygens (including phenoxy) is 1. The first-order valence-electron chi connectivity index (χ1n) is 8.90. The van der Waals surface area contributed by atoms with Gasteiger partial charge in [0.2, 0.25) is 5.91 Å². The van der Waals surface area contributed by atoms with E-state index < -0.39 is 0 Å². The molecule has 2 aromatic heterocycles. The Morgan fingerprint density at radius 2 is 2.00 bits per heavy atom. The van der Waals surface area contributed by atoms with Crippen LogP contribution in [-0.4, -0.2) is 24.0 Å². The van der Waals surface area contributed by atoms with Gasteiger partial charge in [0.05, 0.1) is 24.9 Å². The molecule has 6 heteroatoms.